The van der Waals surface area contributed by atoms with Gasteiger partial charge in [-0.3, -0.25) is 9.10 Å². The molecular formula is C29H31N3O5S. The Morgan fingerprint density at radius 2 is 1.68 bits per heavy atom. The Morgan fingerprint density at radius 3 is 2.45 bits per heavy atom. The molecule has 198 valence electrons. The van der Waals surface area contributed by atoms with Crippen LogP contribution in [0.25, 0.3) is 0 Å². The predicted octanol–water partition coefficient (Wildman–Crippen LogP) is 4.61. The summed E-state index contributed by atoms with van der Waals surface area (Å²) in [6.07, 6.45) is 4.25. The van der Waals surface area contributed by atoms with Gasteiger partial charge in [-0.1, -0.05) is 24.3 Å². The van der Waals surface area contributed by atoms with Crippen LogP contribution < -0.4 is 14.5 Å². The van der Waals surface area contributed by atoms with Crippen molar-refractivity contribution in [3.8, 4) is 0 Å². The second-order valence-corrected chi connectivity index (χ2v) is 11.5. The Balaban J connectivity index is 1.20. The third-order valence-electron chi connectivity index (χ3n) is 6.98. The molecule has 1 saturated heterocycles. The minimum Gasteiger partial charge on any atom is -0.452 e. The second kappa shape index (κ2) is 10.9. The van der Waals surface area contributed by atoms with Crippen molar-refractivity contribution in [3.05, 3.63) is 83.9 Å². The molecule has 2 heterocycles. The van der Waals surface area contributed by atoms with Crippen LogP contribution >= 0.6 is 0 Å². The molecular weight excluding hydrogens is 502 g/mol. The number of sulfonamides is 1. The fraction of sp³-hybridized carbons (Fsp3) is 0.310. The van der Waals surface area contributed by atoms with Gasteiger partial charge in [-0.2, -0.15) is 0 Å². The van der Waals surface area contributed by atoms with Gasteiger partial charge in [0.2, 0.25) is 0 Å². The summed E-state index contributed by atoms with van der Waals surface area (Å²) in [5, 5.41) is 2.73. The highest BCUT2D eigenvalue weighted by atomic mass is 32.2. The highest BCUT2D eigenvalue weighted by Gasteiger charge is 2.36. The number of nitrogens with one attached hydrogen (secondary N) is 1. The SMILES string of the molecule is CC1Cc2ccccc2N1S(=O)(=O)c1cccc(C(=O)OCC(=O)Nc2ccc(N3CCCCC3)cc2)c1. The first-order valence-electron chi connectivity index (χ1n) is 12.9. The molecule has 1 fully saturated rings. The highest BCUT2D eigenvalue weighted by Crippen LogP contribution is 2.36. The number of benzene rings is 3. The number of piperidine rings is 1. The lowest BCUT2D eigenvalue weighted by molar-refractivity contribution is -0.119. The van der Waals surface area contributed by atoms with E-state index in [0.29, 0.717) is 17.8 Å². The molecule has 1 unspecified atom stereocenters. The third kappa shape index (κ3) is 5.38. The molecule has 8 nitrogen and oxygen atoms in total. The van der Waals surface area contributed by atoms with Crippen molar-refractivity contribution >= 4 is 39.0 Å². The maximum absolute atomic E-state index is 13.5. The van der Waals surface area contributed by atoms with Crippen LogP contribution in [0.5, 0.6) is 0 Å². The lowest BCUT2D eigenvalue weighted by atomic mass is 10.1. The Kier molecular flexibility index (Phi) is 7.37. The molecule has 9 heteroatoms. The molecule has 38 heavy (non-hydrogen) atoms. The lowest BCUT2D eigenvalue weighted by Crippen LogP contribution is -2.35. The number of rotatable bonds is 7. The van der Waals surface area contributed by atoms with Crippen LogP contribution in [0.3, 0.4) is 0 Å². The first-order valence-corrected chi connectivity index (χ1v) is 14.3. The number of esters is 1. The first kappa shape index (κ1) is 25.8. The van der Waals surface area contributed by atoms with Crippen LogP contribution in [0, 0.1) is 0 Å². The zero-order valence-electron chi connectivity index (χ0n) is 21.3. The molecule has 2 aliphatic heterocycles. The van der Waals surface area contributed by atoms with Crippen molar-refractivity contribution in [2.24, 2.45) is 0 Å². The number of carbonyl (C=O) groups is 2. The van der Waals surface area contributed by atoms with Gasteiger partial charge in [-0.25, -0.2) is 13.2 Å². The second-order valence-electron chi connectivity index (χ2n) is 9.73. The molecule has 0 aliphatic carbocycles. The number of carbonyl (C=O) groups excluding carboxylic acids is 2. The van der Waals surface area contributed by atoms with Crippen molar-refractivity contribution in [2.75, 3.05) is 34.2 Å². The summed E-state index contributed by atoms with van der Waals surface area (Å²) in [7, 11) is -3.90. The number of amides is 1. The van der Waals surface area contributed by atoms with Gasteiger partial charge in [0.05, 0.1) is 16.1 Å². The summed E-state index contributed by atoms with van der Waals surface area (Å²) in [4.78, 5) is 27.4. The molecule has 2 aliphatic rings. The molecule has 3 aromatic carbocycles. The van der Waals surface area contributed by atoms with E-state index in [-0.39, 0.29) is 16.5 Å². The molecule has 0 spiro atoms. The number of hydrogen-bond donors (Lipinski definition) is 1. The van der Waals surface area contributed by atoms with Crippen molar-refractivity contribution in [2.45, 2.75) is 43.5 Å². The smallest absolute Gasteiger partial charge is 0.338 e. The number of fused-ring (bicyclic) bond motifs is 1. The number of nitrogens with zero attached hydrogens (tertiary/aromatic N) is 2. The summed E-state index contributed by atoms with van der Waals surface area (Å²) in [6.45, 7) is 3.44. The molecule has 5 rings (SSSR count). The molecule has 0 saturated carbocycles. The zero-order valence-corrected chi connectivity index (χ0v) is 22.1. The fourth-order valence-electron chi connectivity index (χ4n) is 5.12. The molecule has 1 amide bonds. The minimum atomic E-state index is -3.90. The van der Waals surface area contributed by atoms with E-state index in [4.69, 9.17) is 4.74 Å². The molecule has 1 N–H and O–H groups in total. The van der Waals surface area contributed by atoms with Crippen molar-refractivity contribution < 1.29 is 22.7 Å². The lowest BCUT2D eigenvalue weighted by Gasteiger charge is -2.28. The first-order chi connectivity index (χ1) is 18.3. The van der Waals surface area contributed by atoms with Crippen molar-refractivity contribution in [3.63, 3.8) is 0 Å². The van der Waals surface area contributed by atoms with Crippen LogP contribution in [-0.2, 0) is 26.0 Å². The topological polar surface area (TPSA) is 96.0 Å². The molecule has 0 bridgehead atoms. The Hall–Kier alpha value is -3.85. The van der Waals surface area contributed by atoms with Crippen LogP contribution in [0.1, 0.15) is 42.1 Å². The van der Waals surface area contributed by atoms with E-state index in [2.05, 4.69) is 10.2 Å². The largest absolute Gasteiger partial charge is 0.452 e. The van der Waals surface area contributed by atoms with Gasteiger partial charge in [0.15, 0.2) is 6.61 Å². The van der Waals surface area contributed by atoms with Crippen LogP contribution in [0.15, 0.2) is 77.7 Å². The monoisotopic (exact) mass is 533 g/mol. The van der Waals surface area contributed by atoms with Gasteiger partial charge in [-0.05, 0) is 86.7 Å². The maximum atomic E-state index is 13.5. The highest BCUT2D eigenvalue weighted by molar-refractivity contribution is 7.92. The number of anilines is 3. The van der Waals surface area contributed by atoms with E-state index in [1.54, 1.807) is 12.1 Å². The van der Waals surface area contributed by atoms with Crippen LogP contribution in [0.2, 0.25) is 0 Å². The van der Waals surface area contributed by atoms with Crippen LogP contribution in [-0.4, -0.2) is 46.0 Å². The Labute approximate surface area is 223 Å². The van der Waals surface area contributed by atoms with E-state index < -0.39 is 28.5 Å². The molecule has 3 aromatic rings. The quantitative estimate of drug-likeness (QED) is 0.446. The Morgan fingerprint density at radius 1 is 0.947 bits per heavy atom. The van der Waals surface area contributed by atoms with Gasteiger partial charge in [0.1, 0.15) is 0 Å². The third-order valence-corrected chi connectivity index (χ3v) is 8.90. The van der Waals surface area contributed by atoms with Gasteiger partial charge < -0.3 is 15.0 Å². The summed E-state index contributed by atoms with van der Waals surface area (Å²) >= 11 is 0. The predicted molar refractivity (Wildman–Crippen MR) is 147 cm³/mol. The van der Waals surface area contributed by atoms with Crippen molar-refractivity contribution in [1.82, 2.24) is 0 Å². The average molecular weight is 534 g/mol. The van der Waals surface area contributed by atoms with Crippen LogP contribution in [0.4, 0.5) is 17.1 Å². The number of para-hydroxylation sites is 1. The summed E-state index contributed by atoms with van der Waals surface area (Å²) < 4.78 is 33.6. The normalized spacial score (nSPS) is 17.1. The fourth-order valence-corrected chi connectivity index (χ4v) is 6.86. The summed E-state index contributed by atoms with van der Waals surface area (Å²) in [5.74, 6) is -1.25. The van der Waals surface area contributed by atoms with E-state index in [1.165, 1.54) is 47.8 Å². The maximum Gasteiger partial charge on any atom is 0.338 e. The minimum absolute atomic E-state index is 0.00579. The van der Waals surface area contributed by atoms with Gasteiger partial charge >= 0.3 is 5.97 Å². The summed E-state index contributed by atoms with van der Waals surface area (Å²) in [5.41, 5.74) is 3.40. The van der Waals surface area contributed by atoms with E-state index in [1.807, 2.05) is 43.3 Å². The molecule has 0 aromatic heterocycles. The average Bonchev–Trinajstić information content (AvgIpc) is 3.29. The van der Waals surface area contributed by atoms with E-state index >= 15 is 0 Å². The summed E-state index contributed by atoms with van der Waals surface area (Å²) in [6, 6.07) is 20.5. The Bertz CT molecular complexity index is 1430. The standard InChI is InChI=1S/C29H31N3O5S/c1-21-18-22-8-3-4-11-27(22)32(21)38(35,36)26-10-7-9-23(19-26)29(34)37-20-28(33)30-24-12-14-25(15-13-24)31-16-5-2-6-17-31/h3-4,7-15,19,21H,2,5-6,16-18,20H2,1H3,(H,30,33). The van der Waals surface area contributed by atoms with Gasteiger partial charge in [0, 0.05) is 30.5 Å². The van der Waals surface area contributed by atoms with Gasteiger partial charge in [0.25, 0.3) is 15.9 Å². The zero-order chi connectivity index (χ0) is 26.7. The van der Waals surface area contributed by atoms with Gasteiger partial charge in [-0.15, -0.1) is 0 Å². The van der Waals surface area contributed by atoms with E-state index in [9.17, 15) is 18.0 Å². The number of ether oxygens (including phenoxy) is 1. The molecule has 0 radical (unpaired) electrons. The van der Waals surface area contributed by atoms with E-state index in [0.717, 1.165) is 24.3 Å². The van der Waals surface area contributed by atoms with Crippen molar-refractivity contribution in [1.29, 1.82) is 0 Å². The number of hydrogen-bond acceptors (Lipinski definition) is 6. The molecule has 1 atom stereocenters.